The standard InChI is InChI=1S/C13H17N5O/c1-2-3-7-16-12-11(14)13(18-9-17-12)19-10-5-4-6-15-8-10/h4-6,8-9H,2-3,7,14H2,1H3,(H,16,17,18). The Kier molecular flexibility index (Phi) is 4.49. The van der Waals surface area contributed by atoms with E-state index in [9.17, 15) is 0 Å². The van der Waals surface area contributed by atoms with Crippen LogP contribution in [-0.2, 0) is 0 Å². The molecule has 19 heavy (non-hydrogen) atoms. The number of unbranched alkanes of at least 4 members (excludes halogenated alkanes) is 1. The number of ether oxygens (including phenoxy) is 1. The maximum absolute atomic E-state index is 5.98. The van der Waals surface area contributed by atoms with Gasteiger partial charge in [0.05, 0.1) is 6.20 Å². The summed E-state index contributed by atoms with van der Waals surface area (Å²) < 4.78 is 5.58. The number of nitrogens with zero attached hydrogens (tertiary/aromatic N) is 3. The van der Waals surface area contributed by atoms with Gasteiger partial charge in [0.15, 0.2) is 5.82 Å². The van der Waals surface area contributed by atoms with Crippen LogP contribution in [0.2, 0.25) is 0 Å². The van der Waals surface area contributed by atoms with E-state index < -0.39 is 0 Å². The van der Waals surface area contributed by atoms with Crippen LogP contribution in [0, 0.1) is 0 Å². The van der Waals surface area contributed by atoms with Crippen molar-refractivity contribution in [1.82, 2.24) is 15.0 Å². The molecule has 0 atom stereocenters. The molecule has 0 saturated heterocycles. The van der Waals surface area contributed by atoms with Crippen molar-refractivity contribution in [2.45, 2.75) is 19.8 Å². The Bertz CT molecular complexity index is 518. The number of rotatable bonds is 6. The third-order valence-corrected chi connectivity index (χ3v) is 2.52. The van der Waals surface area contributed by atoms with E-state index >= 15 is 0 Å². The number of hydrogen-bond donors (Lipinski definition) is 2. The Hall–Kier alpha value is -2.37. The van der Waals surface area contributed by atoms with Crippen LogP contribution in [0.1, 0.15) is 19.8 Å². The van der Waals surface area contributed by atoms with Gasteiger partial charge in [0, 0.05) is 12.7 Å². The molecule has 2 aromatic rings. The zero-order chi connectivity index (χ0) is 13.5. The predicted molar refractivity (Wildman–Crippen MR) is 74.2 cm³/mol. The quantitative estimate of drug-likeness (QED) is 0.775. The second-order valence-electron chi connectivity index (χ2n) is 4.01. The molecule has 3 N–H and O–H groups in total. The Morgan fingerprint density at radius 2 is 2.26 bits per heavy atom. The molecule has 0 spiro atoms. The topological polar surface area (TPSA) is 86.0 Å². The molecule has 0 fully saturated rings. The van der Waals surface area contributed by atoms with Gasteiger partial charge in [0.2, 0.25) is 5.88 Å². The highest BCUT2D eigenvalue weighted by Gasteiger charge is 2.09. The summed E-state index contributed by atoms with van der Waals surface area (Å²) in [5.74, 6) is 1.52. The molecule has 0 aliphatic heterocycles. The lowest BCUT2D eigenvalue weighted by Crippen LogP contribution is -2.07. The maximum Gasteiger partial charge on any atom is 0.248 e. The molecule has 2 aromatic heterocycles. The van der Waals surface area contributed by atoms with Crippen molar-refractivity contribution in [2.75, 3.05) is 17.6 Å². The van der Waals surface area contributed by atoms with Gasteiger partial charge in [-0.25, -0.2) is 4.98 Å². The van der Waals surface area contributed by atoms with Crippen LogP contribution in [0.3, 0.4) is 0 Å². The molecule has 100 valence electrons. The first-order chi connectivity index (χ1) is 9.31. The van der Waals surface area contributed by atoms with Crippen LogP contribution in [0.4, 0.5) is 11.5 Å². The van der Waals surface area contributed by atoms with Crippen molar-refractivity contribution in [1.29, 1.82) is 0 Å². The van der Waals surface area contributed by atoms with Gasteiger partial charge in [-0.2, -0.15) is 4.98 Å². The average molecular weight is 259 g/mol. The molecule has 0 aliphatic rings. The lowest BCUT2D eigenvalue weighted by Gasteiger charge is -2.11. The molecular weight excluding hydrogens is 242 g/mol. The van der Waals surface area contributed by atoms with E-state index in [-0.39, 0.29) is 0 Å². The maximum atomic E-state index is 5.98. The molecule has 0 amide bonds. The van der Waals surface area contributed by atoms with Crippen molar-refractivity contribution in [3.05, 3.63) is 30.9 Å². The van der Waals surface area contributed by atoms with E-state index in [1.165, 1.54) is 6.33 Å². The normalized spacial score (nSPS) is 10.2. The Morgan fingerprint density at radius 3 is 3.00 bits per heavy atom. The number of aromatic nitrogens is 3. The molecule has 0 unspecified atom stereocenters. The van der Waals surface area contributed by atoms with Gasteiger partial charge in [0.1, 0.15) is 17.8 Å². The zero-order valence-electron chi connectivity index (χ0n) is 10.8. The van der Waals surface area contributed by atoms with Gasteiger partial charge in [-0.05, 0) is 18.6 Å². The molecule has 0 radical (unpaired) electrons. The van der Waals surface area contributed by atoms with Crippen LogP contribution in [0.15, 0.2) is 30.9 Å². The van der Waals surface area contributed by atoms with Crippen LogP contribution in [-0.4, -0.2) is 21.5 Å². The summed E-state index contributed by atoms with van der Waals surface area (Å²) in [6.07, 6.45) is 6.87. The van der Waals surface area contributed by atoms with Crippen molar-refractivity contribution in [3.8, 4) is 11.6 Å². The van der Waals surface area contributed by atoms with E-state index in [0.717, 1.165) is 19.4 Å². The summed E-state index contributed by atoms with van der Waals surface area (Å²) in [5.41, 5.74) is 6.39. The van der Waals surface area contributed by atoms with Crippen LogP contribution >= 0.6 is 0 Å². The second-order valence-corrected chi connectivity index (χ2v) is 4.01. The average Bonchev–Trinajstić information content (AvgIpc) is 2.44. The van der Waals surface area contributed by atoms with Crippen LogP contribution in [0.5, 0.6) is 11.6 Å². The first-order valence-electron chi connectivity index (χ1n) is 6.23. The molecule has 2 heterocycles. The minimum Gasteiger partial charge on any atom is -0.435 e. The van der Waals surface area contributed by atoms with E-state index in [1.54, 1.807) is 24.5 Å². The molecular formula is C13H17N5O. The third kappa shape index (κ3) is 3.54. The van der Waals surface area contributed by atoms with E-state index in [4.69, 9.17) is 10.5 Å². The molecule has 6 nitrogen and oxygen atoms in total. The van der Waals surface area contributed by atoms with Crippen molar-refractivity contribution in [2.24, 2.45) is 0 Å². The summed E-state index contributed by atoms with van der Waals surface area (Å²) in [4.78, 5) is 12.1. The predicted octanol–water partition coefficient (Wildman–Crippen LogP) is 2.46. The smallest absolute Gasteiger partial charge is 0.248 e. The SMILES string of the molecule is CCCCNc1ncnc(Oc2cccnc2)c1N. The van der Waals surface area contributed by atoms with Gasteiger partial charge in [-0.3, -0.25) is 4.98 Å². The highest BCUT2D eigenvalue weighted by molar-refractivity contribution is 5.66. The minimum atomic E-state index is 0.335. The number of nitrogens with two attached hydrogens (primary N) is 1. The summed E-state index contributed by atoms with van der Waals surface area (Å²) >= 11 is 0. The minimum absolute atomic E-state index is 0.335. The van der Waals surface area contributed by atoms with Gasteiger partial charge in [-0.1, -0.05) is 13.3 Å². The van der Waals surface area contributed by atoms with E-state index in [1.807, 2.05) is 0 Å². The lowest BCUT2D eigenvalue weighted by molar-refractivity contribution is 0.462. The summed E-state index contributed by atoms with van der Waals surface area (Å²) in [6, 6.07) is 3.58. The largest absolute Gasteiger partial charge is 0.435 e. The summed E-state index contributed by atoms with van der Waals surface area (Å²) in [5, 5.41) is 3.17. The molecule has 2 rings (SSSR count). The van der Waals surface area contributed by atoms with Crippen LogP contribution in [0.25, 0.3) is 0 Å². The Morgan fingerprint density at radius 1 is 1.37 bits per heavy atom. The van der Waals surface area contributed by atoms with Crippen molar-refractivity contribution in [3.63, 3.8) is 0 Å². The molecule has 6 heteroatoms. The fraction of sp³-hybridized carbons (Fsp3) is 0.308. The Labute approximate surface area is 112 Å². The van der Waals surface area contributed by atoms with Gasteiger partial charge < -0.3 is 15.8 Å². The number of nitrogens with one attached hydrogen (secondary N) is 1. The summed E-state index contributed by atoms with van der Waals surface area (Å²) in [6.45, 7) is 2.95. The Balaban J connectivity index is 2.11. The zero-order valence-corrected chi connectivity index (χ0v) is 10.8. The fourth-order valence-corrected chi connectivity index (χ4v) is 1.50. The number of anilines is 2. The van der Waals surface area contributed by atoms with Gasteiger partial charge >= 0.3 is 0 Å². The van der Waals surface area contributed by atoms with Crippen LogP contribution < -0.4 is 15.8 Å². The molecule has 0 aliphatic carbocycles. The molecule has 0 bridgehead atoms. The first kappa shape index (κ1) is 13.1. The van der Waals surface area contributed by atoms with Crippen molar-refractivity contribution < 1.29 is 4.74 Å². The van der Waals surface area contributed by atoms with E-state index in [0.29, 0.717) is 23.1 Å². The highest BCUT2D eigenvalue weighted by Crippen LogP contribution is 2.28. The number of nitrogen functional groups attached to an aromatic ring is 1. The monoisotopic (exact) mass is 259 g/mol. The second kappa shape index (κ2) is 6.53. The fourth-order valence-electron chi connectivity index (χ4n) is 1.50. The number of pyridine rings is 1. The third-order valence-electron chi connectivity index (χ3n) is 2.52. The number of hydrogen-bond acceptors (Lipinski definition) is 6. The lowest BCUT2D eigenvalue weighted by atomic mass is 10.3. The highest BCUT2D eigenvalue weighted by atomic mass is 16.5. The van der Waals surface area contributed by atoms with Gasteiger partial charge in [0.25, 0.3) is 0 Å². The summed E-state index contributed by atoms with van der Waals surface area (Å²) in [7, 11) is 0. The van der Waals surface area contributed by atoms with Gasteiger partial charge in [-0.15, -0.1) is 0 Å². The first-order valence-corrected chi connectivity index (χ1v) is 6.23. The van der Waals surface area contributed by atoms with E-state index in [2.05, 4.69) is 27.2 Å². The molecule has 0 saturated carbocycles. The molecule has 0 aromatic carbocycles. The van der Waals surface area contributed by atoms with Crippen molar-refractivity contribution >= 4 is 11.5 Å².